The number of ether oxygens (including phenoxy) is 2. The van der Waals surface area contributed by atoms with Crippen LogP contribution in [0.1, 0.15) is 0 Å². The molecule has 1 rings (SSSR count). The largest absolute Gasteiger partial charge is 0.354 e. The van der Waals surface area contributed by atoms with Crippen molar-refractivity contribution in [2.45, 2.75) is 6.29 Å². The molecule has 1 fully saturated rings. The SMILES string of the molecule is COC1CN([SH](=O)=O)CCO1. The standard InChI is InChI=1S/C5H11NO4S/c1-9-5-4-6(11(7)8)2-3-10-5/h5,11H,2-4H2,1H3. The van der Waals surface area contributed by atoms with Crippen LogP contribution in [0.15, 0.2) is 0 Å². The van der Waals surface area contributed by atoms with Crippen LogP contribution in [0.5, 0.6) is 0 Å². The Morgan fingerprint density at radius 2 is 2.36 bits per heavy atom. The number of hydrogen-bond acceptors (Lipinski definition) is 4. The van der Waals surface area contributed by atoms with Crippen LogP contribution in [-0.2, 0) is 20.4 Å². The van der Waals surface area contributed by atoms with Gasteiger partial charge in [-0.3, -0.25) is 0 Å². The van der Waals surface area contributed by atoms with Crippen LogP contribution < -0.4 is 0 Å². The van der Waals surface area contributed by atoms with Crippen molar-refractivity contribution in [2.24, 2.45) is 0 Å². The Kier molecular flexibility index (Phi) is 3.25. The van der Waals surface area contributed by atoms with Crippen LogP contribution in [0.4, 0.5) is 0 Å². The maximum Gasteiger partial charge on any atom is 0.204 e. The van der Waals surface area contributed by atoms with Crippen molar-refractivity contribution in [1.82, 2.24) is 4.31 Å². The van der Waals surface area contributed by atoms with E-state index in [4.69, 9.17) is 9.47 Å². The number of methoxy groups -OCH3 is 1. The monoisotopic (exact) mass is 181 g/mol. The summed E-state index contributed by atoms with van der Waals surface area (Å²) in [6.45, 7) is 1.13. The molecule has 0 saturated carbocycles. The third kappa shape index (κ3) is 2.41. The Morgan fingerprint density at radius 1 is 1.64 bits per heavy atom. The second kappa shape index (κ2) is 4.01. The molecule has 0 N–H and O–H groups in total. The van der Waals surface area contributed by atoms with Crippen LogP contribution in [-0.4, -0.2) is 45.8 Å². The predicted octanol–water partition coefficient (Wildman–Crippen LogP) is -1.18. The molecule has 1 heterocycles. The van der Waals surface area contributed by atoms with Crippen molar-refractivity contribution < 1.29 is 17.9 Å². The molecular weight excluding hydrogens is 170 g/mol. The number of morpholine rings is 1. The summed E-state index contributed by atoms with van der Waals surface area (Å²) < 4.78 is 32.2. The summed E-state index contributed by atoms with van der Waals surface area (Å²) in [5.41, 5.74) is 0. The molecule has 5 nitrogen and oxygen atoms in total. The van der Waals surface area contributed by atoms with Gasteiger partial charge in [-0.2, -0.15) is 4.31 Å². The normalized spacial score (nSPS) is 27.6. The molecule has 0 amide bonds. The molecule has 1 atom stereocenters. The van der Waals surface area contributed by atoms with E-state index < -0.39 is 17.2 Å². The van der Waals surface area contributed by atoms with Gasteiger partial charge in [0.25, 0.3) is 0 Å². The lowest BCUT2D eigenvalue weighted by Crippen LogP contribution is -2.42. The fourth-order valence-corrected chi connectivity index (χ4v) is 1.41. The third-order valence-electron chi connectivity index (χ3n) is 1.51. The summed E-state index contributed by atoms with van der Waals surface area (Å²) in [4.78, 5) is 0. The Hall–Kier alpha value is -0.170. The lowest BCUT2D eigenvalue weighted by Gasteiger charge is -2.27. The first-order chi connectivity index (χ1) is 5.24. The highest BCUT2D eigenvalue weighted by Gasteiger charge is 2.20. The van der Waals surface area contributed by atoms with E-state index in [1.165, 1.54) is 11.4 Å². The van der Waals surface area contributed by atoms with E-state index >= 15 is 0 Å². The topological polar surface area (TPSA) is 55.8 Å². The van der Waals surface area contributed by atoms with E-state index in [0.717, 1.165) is 0 Å². The van der Waals surface area contributed by atoms with Gasteiger partial charge >= 0.3 is 0 Å². The van der Waals surface area contributed by atoms with Crippen molar-refractivity contribution in [3.05, 3.63) is 0 Å². The molecule has 0 spiro atoms. The molecule has 0 aromatic carbocycles. The molecule has 6 heteroatoms. The molecule has 11 heavy (non-hydrogen) atoms. The lowest BCUT2D eigenvalue weighted by atomic mass is 10.5. The second-order valence-electron chi connectivity index (χ2n) is 2.19. The molecule has 0 bridgehead atoms. The van der Waals surface area contributed by atoms with Gasteiger partial charge in [0.05, 0.1) is 13.2 Å². The Bertz CT molecular complexity index is 185. The van der Waals surface area contributed by atoms with E-state index in [-0.39, 0.29) is 0 Å². The van der Waals surface area contributed by atoms with E-state index in [2.05, 4.69) is 0 Å². The van der Waals surface area contributed by atoms with Crippen LogP contribution >= 0.6 is 0 Å². The number of rotatable bonds is 2. The van der Waals surface area contributed by atoms with Crippen LogP contribution in [0.3, 0.4) is 0 Å². The zero-order valence-electron chi connectivity index (χ0n) is 6.23. The van der Waals surface area contributed by atoms with Gasteiger partial charge in [-0.25, -0.2) is 8.42 Å². The fraction of sp³-hybridized carbons (Fsp3) is 1.00. The van der Waals surface area contributed by atoms with Gasteiger partial charge in [-0.05, 0) is 0 Å². The lowest BCUT2D eigenvalue weighted by molar-refractivity contribution is -0.150. The van der Waals surface area contributed by atoms with Crippen LogP contribution in [0.2, 0.25) is 0 Å². The highest BCUT2D eigenvalue weighted by Crippen LogP contribution is 2.04. The predicted molar refractivity (Wildman–Crippen MR) is 38.6 cm³/mol. The molecule has 0 aromatic rings. The molecule has 0 aliphatic carbocycles. The first-order valence-electron chi connectivity index (χ1n) is 3.27. The zero-order chi connectivity index (χ0) is 8.27. The third-order valence-corrected chi connectivity index (χ3v) is 2.33. The van der Waals surface area contributed by atoms with Crippen molar-refractivity contribution in [2.75, 3.05) is 26.8 Å². The van der Waals surface area contributed by atoms with Gasteiger partial charge in [0.15, 0.2) is 6.29 Å². The first-order valence-corrected chi connectivity index (χ1v) is 4.40. The van der Waals surface area contributed by atoms with Gasteiger partial charge < -0.3 is 9.47 Å². The Labute approximate surface area is 67.0 Å². The first kappa shape index (κ1) is 8.92. The summed E-state index contributed by atoms with van der Waals surface area (Å²) in [7, 11) is -0.986. The molecule has 1 aliphatic heterocycles. The summed E-state index contributed by atoms with van der Waals surface area (Å²) >= 11 is 0. The van der Waals surface area contributed by atoms with Crippen molar-refractivity contribution in [3.8, 4) is 0 Å². The number of thiol groups is 1. The summed E-state index contributed by atoms with van der Waals surface area (Å²) in [6, 6.07) is 0. The molecular formula is C5H11NO4S. The zero-order valence-corrected chi connectivity index (χ0v) is 7.12. The maximum absolute atomic E-state index is 10.5. The van der Waals surface area contributed by atoms with E-state index in [1.807, 2.05) is 0 Å². The molecule has 66 valence electrons. The van der Waals surface area contributed by atoms with Gasteiger partial charge in [0.1, 0.15) is 0 Å². The average Bonchev–Trinajstić information content (AvgIpc) is 2.05. The van der Waals surface area contributed by atoms with E-state index in [0.29, 0.717) is 19.7 Å². The fourth-order valence-electron chi connectivity index (χ4n) is 0.896. The van der Waals surface area contributed by atoms with Crippen LogP contribution in [0.25, 0.3) is 0 Å². The van der Waals surface area contributed by atoms with Crippen molar-refractivity contribution in [3.63, 3.8) is 0 Å². The maximum atomic E-state index is 10.5. The van der Waals surface area contributed by atoms with E-state index in [1.54, 1.807) is 0 Å². The molecule has 1 saturated heterocycles. The summed E-state index contributed by atoms with van der Waals surface area (Å²) in [6.07, 6.45) is -0.406. The summed E-state index contributed by atoms with van der Waals surface area (Å²) in [5, 5.41) is 0. The smallest absolute Gasteiger partial charge is 0.204 e. The Morgan fingerprint density at radius 3 is 2.91 bits per heavy atom. The van der Waals surface area contributed by atoms with Gasteiger partial charge in [0, 0.05) is 13.7 Å². The minimum absolute atomic E-state index is 0.301. The quantitative estimate of drug-likeness (QED) is 0.545. The van der Waals surface area contributed by atoms with Gasteiger partial charge in [-0.15, -0.1) is 0 Å². The van der Waals surface area contributed by atoms with E-state index in [9.17, 15) is 8.42 Å². The highest BCUT2D eigenvalue weighted by molar-refractivity contribution is 7.69. The molecule has 1 unspecified atom stereocenters. The molecule has 0 aromatic heterocycles. The minimum Gasteiger partial charge on any atom is -0.354 e. The average molecular weight is 181 g/mol. The highest BCUT2D eigenvalue weighted by atomic mass is 32.2. The molecule has 1 aliphatic rings. The summed E-state index contributed by atoms with van der Waals surface area (Å²) in [5.74, 6) is 0. The van der Waals surface area contributed by atoms with Gasteiger partial charge in [-0.1, -0.05) is 0 Å². The second-order valence-corrected chi connectivity index (χ2v) is 3.23. The molecule has 0 radical (unpaired) electrons. The Balaban J connectivity index is 2.45. The van der Waals surface area contributed by atoms with Crippen LogP contribution in [0, 0.1) is 0 Å². The van der Waals surface area contributed by atoms with Crippen molar-refractivity contribution >= 4 is 10.9 Å². The number of hydrogen-bond donors (Lipinski definition) is 1. The number of nitrogens with zero attached hydrogens (tertiary/aromatic N) is 1. The van der Waals surface area contributed by atoms with Gasteiger partial charge in [0.2, 0.25) is 10.9 Å². The minimum atomic E-state index is -2.48. The van der Waals surface area contributed by atoms with Crippen molar-refractivity contribution in [1.29, 1.82) is 0 Å².